The molecule has 1 aliphatic rings. The molecule has 0 saturated carbocycles. The molecule has 1 aliphatic heterocycles. The first-order valence-corrected chi connectivity index (χ1v) is 5.97. The van der Waals surface area contributed by atoms with Gasteiger partial charge in [-0.2, -0.15) is 4.98 Å². The van der Waals surface area contributed by atoms with Gasteiger partial charge < -0.3 is 15.0 Å². The second kappa shape index (κ2) is 4.73. The third-order valence-corrected chi connectivity index (χ3v) is 3.07. The van der Waals surface area contributed by atoms with Gasteiger partial charge in [-0.3, -0.25) is 0 Å². The summed E-state index contributed by atoms with van der Waals surface area (Å²) in [5, 5.41) is 4.02. The average Bonchev–Trinajstić information content (AvgIpc) is 2.90. The van der Waals surface area contributed by atoms with Crippen molar-refractivity contribution in [1.29, 1.82) is 0 Å². The van der Waals surface area contributed by atoms with Crippen molar-refractivity contribution in [3.8, 4) is 11.6 Å². The van der Waals surface area contributed by atoms with E-state index in [0.717, 1.165) is 31.9 Å². The summed E-state index contributed by atoms with van der Waals surface area (Å²) in [5.74, 6) is 1.41. The maximum absolute atomic E-state index is 5.83. The minimum Gasteiger partial charge on any atom is -0.397 e. The molecule has 3 heterocycles. The van der Waals surface area contributed by atoms with E-state index in [9.17, 15) is 0 Å². The van der Waals surface area contributed by atoms with Crippen LogP contribution in [0.5, 0.6) is 0 Å². The molecule has 0 bridgehead atoms. The SMILES string of the molecule is Nc1cccnc1-c1nc(C2CCOCC2)no1. The van der Waals surface area contributed by atoms with Crippen LogP contribution in [0.15, 0.2) is 22.9 Å². The quantitative estimate of drug-likeness (QED) is 0.866. The molecule has 6 nitrogen and oxygen atoms in total. The number of hydrogen-bond acceptors (Lipinski definition) is 6. The number of nitrogens with zero attached hydrogens (tertiary/aromatic N) is 3. The summed E-state index contributed by atoms with van der Waals surface area (Å²) in [5.41, 5.74) is 6.92. The Morgan fingerprint density at radius 2 is 2.11 bits per heavy atom. The van der Waals surface area contributed by atoms with Crippen molar-refractivity contribution in [2.75, 3.05) is 18.9 Å². The molecule has 2 aromatic rings. The van der Waals surface area contributed by atoms with Gasteiger partial charge in [-0.1, -0.05) is 5.16 Å². The van der Waals surface area contributed by atoms with E-state index in [-0.39, 0.29) is 0 Å². The highest BCUT2D eigenvalue weighted by Gasteiger charge is 2.22. The molecule has 6 heteroatoms. The van der Waals surface area contributed by atoms with Crippen molar-refractivity contribution in [2.24, 2.45) is 0 Å². The maximum atomic E-state index is 5.83. The van der Waals surface area contributed by atoms with Gasteiger partial charge in [0.1, 0.15) is 0 Å². The number of nitrogen functional groups attached to an aromatic ring is 1. The normalized spacial score (nSPS) is 16.9. The van der Waals surface area contributed by atoms with E-state index < -0.39 is 0 Å². The molecule has 1 fully saturated rings. The van der Waals surface area contributed by atoms with Crippen LogP contribution < -0.4 is 5.73 Å². The van der Waals surface area contributed by atoms with Crippen molar-refractivity contribution >= 4 is 5.69 Å². The Bertz CT molecular complexity index is 534. The molecular formula is C12H14N4O2. The lowest BCUT2D eigenvalue weighted by molar-refractivity contribution is 0.0830. The fourth-order valence-corrected chi connectivity index (χ4v) is 2.05. The van der Waals surface area contributed by atoms with Crippen LogP contribution in [0, 0.1) is 0 Å². The number of anilines is 1. The fourth-order valence-electron chi connectivity index (χ4n) is 2.05. The first-order chi connectivity index (χ1) is 8.84. The third-order valence-electron chi connectivity index (χ3n) is 3.07. The van der Waals surface area contributed by atoms with Crippen LogP contribution in [-0.2, 0) is 4.74 Å². The van der Waals surface area contributed by atoms with E-state index in [2.05, 4.69) is 15.1 Å². The maximum Gasteiger partial charge on any atom is 0.278 e. The van der Waals surface area contributed by atoms with Crippen molar-refractivity contribution in [3.63, 3.8) is 0 Å². The predicted octanol–water partition coefficient (Wildman–Crippen LogP) is 1.61. The van der Waals surface area contributed by atoms with Gasteiger partial charge in [0.25, 0.3) is 5.89 Å². The molecule has 1 saturated heterocycles. The highest BCUT2D eigenvalue weighted by molar-refractivity contribution is 5.65. The monoisotopic (exact) mass is 246 g/mol. The molecule has 18 heavy (non-hydrogen) atoms. The average molecular weight is 246 g/mol. The lowest BCUT2D eigenvalue weighted by Crippen LogP contribution is -2.15. The van der Waals surface area contributed by atoms with Crippen LogP contribution in [-0.4, -0.2) is 28.3 Å². The standard InChI is InChI=1S/C12H14N4O2/c13-9-2-1-5-14-10(9)12-15-11(16-18-12)8-3-6-17-7-4-8/h1-2,5,8H,3-4,6-7,13H2. The highest BCUT2D eigenvalue weighted by Crippen LogP contribution is 2.27. The number of rotatable bonds is 2. The minimum atomic E-state index is 0.307. The van der Waals surface area contributed by atoms with E-state index in [1.807, 2.05) is 0 Å². The Morgan fingerprint density at radius 1 is 1.28 bits per heavy atom. The van der Waals surface area contributed by atoms with Gasteiger partial charge in [0.15, 0.2) is 11.5 Å². The molecule has 0 aliphatic carbocycles. The summed E-state index contributed by atoms with van der Waals surface area (Å²) >= 11 is 0. The summed E-state index contributed by atoms with van der Waals surface area (Å²) in [7, 11) is 0. The molecule has 94 valence electrons. The van der Waals surface area contributed by atoms with Crippen LogP contribution in [0.4, 0.5) is 5.69 Å². The molecule has 2 N–H and O–H groups in total. The fraction of sp³-hybridized carbons (Fsp3) is 0.417. The minimum absolute atomic E-state index is 0.307. The van der Waals surface area contributed by atoms with Crippen molar-refractivity contribution in [2.45, 2.75) is 18.8 Å². The van der Waals surface area contributed by atoms with Gasteiger partial charge in [-0.05, 0) is 25.0 Å². The molecule has 0 amide bonds. The van der Waals surface area contributed by atoms with Crippen LogP contribution in [0.25, 0.3) is 11.6 Å². The Labute approximate surface area is 104 Å². The Hall–Kier alpha value is -1.95. The second-order valence-corrected chi connectivity index (χ2v) is 4.29. The highest BCUT2D eigenvalue weighted by atomic mass is 16.5. The van der Waals surface area contributed by atoms with Gasteiger partial charge in [-0.25, -0.2) is 4.98 Å². The summed E-state index contributed by atoms with van der Waals surface area (Å²) in [4.78, 5) is 8.55. The second-order valence-electron chi connectivity index (χ2n) is 4.29. The van der Waals surface area contributed by atoms with E-state index in [1.165, 1.54) is 0 Å². The van der Waals surface area contributed by atoms with Gasteiger partial charge in [-0.15, -0.1) is 0 Å². The smallest absolute Gasteiger partial charge is 0.278 e. The van der Waals surface area contributed by atoms with E-state index in [1.54, 1.807) is 18.3 Å². The summed E-state index contributed by atoms with van der Waals surface area (Å²) in [6, 6.07) is 3.54. The van der Waals surface area contributed by atoms with Crippen LogP contribution in [0.2, 0.25) is 0 Å². The summed E-state index contributed by atoms with van der Waals surface area (Å²) in [6.45, 7) is 1.50. The zero-order valence-electron chi connectivity index (χ0n) is 9.87. The topological polar surface area (TPSA) is 87.1 Å². The van der Waals surface area contributed by atoms with Crippen molar-refractivity contribution in [3.05, 3.63) is 24.2 Å². The number of ether oxygens (including phenoxy) is 1. The van der Waals surface area contributed by atoms with Gasteiger partial charge in [0.2, 0.25) is 0 Å². The molecule has 0 spiro atoms. The Morgan fingerprint density at radius 3 is 2.89 bits per heavy atom. The Balaban J connectivity index is 1.87. The van der Waals surface area contributed by atoms with Crippen LogP contribution >= 0.6 is 0 Å². The largest absolute Gasteiger partial charge is 0.397 e. The summed E-state index contributed by atoms with van der Waals surface area (Å²) in [6.07, 6.45) is 3.51. The number of nitrogens with two attached hydrogens (primary N) is 1. The van der Waals surface area contributed by atoms with E-state index in [4.69, 9.17) is 15.0 Å². The molecular weight excluding hydrogens is 232 g/mol. The van der Waals surface area contributed by atoms with Crippen LogP contribution in [0.3, 0.4) is 0 Å². The van der Waals surface area contributed by atoms with Gasteiger partial charge in [0, 0.05) is 25.3 Å². The zero-order valence-corrected chi connectivity index (χ0v) is 9.87. The van der Waals surface area contributed by atoms with Gasteiger partial charge in [0.05, 0.1) is 5.69 Å². The number of pyridine rings is 1. The first kappa shape index (κ1) is 11.2. The molecule has 0 aromatic carbocycles. The Kier molecular flexibility index (Phi) is 2.93. The molecule has 3 rings (SSSR count). The van der Waals surface area contributed by atoms with E-state index >= 15 is 0 Å². The molecule has 0 unspecified atom stereocenters. The lowest BCUT2D eigenvalue weighted by Gasteiger charge is -2.18. The predicted molar refractivity (Wildman–Crippen MR) is 64.7 cm³/mol. The van der Waals surface area contributed by atoms with Crippen molar-refractivity contribution in [1.82, 2.24) is 15.1 Å². The zero-order chi connectivity index (χ0) is 12.4. The van der Waals surface area contributed by atoms with Crippen molar-refractivity contribution < 1.29 is 9.26 Å². The van der Waals surface area contributed by atoms with Crippen LogP contribution in [0.1, 0.15) is 24.6 Å². The van der Waals surface area contributed by atoms with E-state index in [0.29, 0.717) is 23.2 Å². The molecule has 2 aromatic heterocycles. The third kappa shape index (κ3) is 2.06. The molecule has 0 radical (unpaired) electrons. The molecule has 0 atom stereocenters. The van der Waals surface area contributed by atoms with Gasteiger partial charge >= 0.3 is 0 Å². The summed E-state index contributed by atoms with van der Waals surface area (Å²) < 4.78 is 10.6. The first-order valence-electron chi connectivity index (χ1n) is 5.97. The number of aromatic nitrogens is 3. The number of hydrogen-bond donors (Lipinski definition) is 1. The lowest BCUT2D eigenvalue weighted by atomic mass is 10.00.